The molecule has 0 saturated heterocycles. The minimum atomic E-state index is 1.01. The number of benzene rings is 1. The molecule has 0 aliphatic carbocycles. The third-order valence-corrected chi connectivity index (χ3v) is 3.04. The zero-order valence-electron chi connectivity index (χ0n) is 11.5. The molecule has 0 fully saturated rings. The first-order valence-electron chi connectivity index (χ1n) is 6.64. The molecule has 0 radical (unpaired) electrons. The third kappa shape index (κ3) is 3.92. The number of hydrogen-bond donors (Lipinski definition) is 0. The fourth-order valence-corrected chi connectivity index (χ4v) is 1.96. The summed E-state index contributed by atoms with van der Waals surface area (Å²) in [5, 5.41) is 0. The van der Waals surface area contributed by atoms with E-state index in [0.717, 1.165) is 6.42 Å². The van der Waals surface area contributed by atoms with Crippen molar-refractivity contribution in [2.24, 2.45) is 0 Å². The van der Waals surface area contributed by atoms with E-state index in [1.165, 1.54) is 22.3 Å². The van der Waals surface area contributed by atoms with Crippen LogP contribution in [0.15, 0.2) is 60.4 Å². The first-order chi connectivity index (χ1) is 9.29. The maximum absolute atomic E-state index is 4.17. The number of nitrogens with zero attached hydrogens (tertiary/aromatic N) is 1. The SMILES string of the molecule is CCc1cnccc1C=C(C)C=Cc1ccccc1. The van der Waals surface area contributed by atoms with Gasteiger partial charge in [-0.2, -0.15) is 0 Å². The number of pyridine rings is 1. The predicted molar refractivity (Wildman–Crippen MR) is 82.7 cm³/mol. The van der Waals surface area contributed by atoms with E-state index in [4.69, 9.17) is 0 Å². The zero-order chi connectivity index (χ0) is 13.5. The average molecular weight is 249 g/mol. The number of aryl methyl sites for hydroxylation is 1. The molecule has 19 heavy (non-hydrogen) atoms. The van der Waals surface area contributed by atoms with E-state index in [1.54, 1.807) is 0 Å². The van der Waals surface area contributed by atoms with Crippen molar-refractivity contribution >= 4 is 12.2 Å². The first kappa shape index (κ1) is 13.3. The molecule has 2 aromatic rings. The molecule has 0 spiro atoms. The number of hydrogen-bond acceptors (Lipinski definition) is 1. The number of rotatable bonds is 4. The Morgan fingerprint density at radius 2 is 1.95 bits per heavy atom. The van der Waals surface area contributed by atoms with E-state index < -0.39 is 0 Å². The lowest BCUT2D eigenvalue weighted by atomic mass is 10.1. The molecule has 0 atom stereocenters. The maximum Gasteiger partial charge on any atom is 0.0305 e. The van der Waals surface area contributed by atoms with Gasteiger partial charge in [0, 0.05) is 12.4 Å². The van der Waals surface area contributed by atoms with Gasteiger partial charge in [-0.05, 0) is 36.1 Å². The second kappa shape index (κ2) is 6.69. The number of allylic oxidation sites excluding steroid dienone is 2. The molecule has 1 aromatic carbocycles. The number of aromatic nitrogens is 1. The van der Waals surface area contributed by atoms with Crippen LogP contribution >= 0.6 is 0 Å². The van der Waals surface area contributed by atoms with Gasteiger partial charge in [0.05, 0.1) is 0 Å². The van der Waals surface area contributed by atoms with Crippen LogP contribution in [0.25, 0.3) is 12.2 Å². The lowest BCUT2D eigenvalue weighted by molar-refractivity contribution is 1.09. The lowest BCUT2D eigenvalue weighted by Gasteiger charge is -2.02. The highest BCUT2D eigenvalue weighted by atomic mass is 14.6. The summed E-state index contributed by atoms with van der Waals surface area (Å²) in [6.07, 6.45) is 11.3. The monoisotopic (exact) mass is 249 g/mol. The minimum Gasteiger partial charge on any atom is -0.264 e. The van der Waals surface area contributed by atoms with Gasteiger partial charge in [0.2, 0.25) is 0 Å². The van der Waals surface area contributed by atoms with E-state index in [-0.39, 0.29) is 0 Å². The highest BCUT2D eigenvalue weighted by molar-refractivity contribution is 5.62. The highest BCUT2D eigenvalue weighted by Crippen LogP contribution is 2.14. The second-order valence-corrected chi connectivity index (χ2v) is 4.56. The van der Waals surface area contributed by atoms with Crippen molar-refractivity contribution in [3.05, 3.63) is 77.1 Å². The van der Waals surface area contributed by atoms with Crippen LogP contribution in [0.2, 0.25) is 0 Å². The van der Waals surface area contributed by atoms with Crippen molar-refractivity contribution in [1.82, 2.24) is 4.98 Å². The Labute approximate surface area is 115 Å². The molecular formula is C18H19N. The molecule has 0 N–H and O–H groups in total. The molecule has 1 aromatic heterocycles. The molecule has 96 valence electrons. The average Bonchev–Trinajstić information content (AvgIpc) is 2.47. The summed E-state index contributed by atoms with van der Waals surface area (Å²) in [5.41, 5.74) is 5.01. The van der Waals surface area contributed by atoms with Gasteiger partial charge in [0.25, 0.3) is 0 Å². The molecule has 2 rings (SSSR count). The molecule has 0 amide bonds. The van der Waals surface area contributed by atoms with E-state index in [0.29, 0.717) is 0 Å². The smallest absolute Gasteiger partial charge is 0.0305 e. The maximum atomic E-state index is 4.17. The fraction of sp³-hybridized carbons (Fsp3) is 0.167. The van der Waals surface area contributed by atoms with Gasteiger partial charge in [-0.25, -0.2) is 0 Å². The summed E-state index contributed by atoms with van der Waals surface area (Å²) in [5.74, 6) is 0. The molecule has 0 aliphatic rings. The van der Waals surface area contributed by atoms with Crippen molar-refractivity contribution in [3.8, 4) is 0 Å². The Morgan fingerprint density at radius 3 is 2.68 bits per heavy atom. The molecule has 1 heteroatoms. The lowest BCUT2D eigenvalue weighted by Crippen LogP contribution is -1.87. The van der Waals surface area contributed by atoms with Crippen LogP contribution in [0.4, 0.5) is 0 Å². The second-order valence-electron chi connectivity index (χ2n) is 4.56. The van der Waals surface area contributed by atoms with Gasteiger partial charge in [0.1, 0.15) is 0 Å². The van der Waals surface area contributed by atoms with Gasteiger partial charge in [-0.3, -0.25) is 4.98 Å². The summed E-state index contributed by atoms with van der Waals surface area (Å²) < 4.78 is 0. The Morgan fingerprint density at radius 1 is 1.16 bits per heavy atom. The standard InChI is InChI=1S/C18H19N/c1-3-17-14-19-12-11-18(17)13-15(2)9-10-16-7-5-4-6-8-16/h4-14H,3H2,1-2H3. The molecule has 1 nitrogen and oxygen atoms in total. The van der Waals surface area contributed by atoms with Gasteiger partial charge >= 0.3 is 0 Å². The Bertz CT molecular complexity index is 580. The van der Waals surface area contributed by atoms with Gasteiger partial charge in [-0.1, -0.05) is 61.1 Å². The Hall–Kier alpha value is -2.15. The summed E-state index contributed by atoms with van der Waals surface area (Å²) in [7, 11) is 0. The van der Waals surface area contributed by atoms with Crippen molar-refractivity contribution in [1.29, 1.82) is 0 Å². The van der Waals surface area contributed by atoms with E-state index in [2.05, 4.69) is 67.4 Å². The van der Waals surface area contributed by atoms with E-state index >= 15 is 0 Å². The van der Waals surface area contributed by atoms with Crippen LogP contribution in [0, 0.1) is 0 Å². The summed E-state index contributed by atoms with van der Waals surface area (Å²) in [6.45, 7) is 4.28. The highest BCUT2D eigenvalue weighted by Gasteiger charge is 1.96. The van der Waals surface area contributed by atoms with Crippen molar-refractivity contribution in [3.63, 3.8) is 0 Å². The third-order valence-electron chi connectivity index (χ3n) is 3.04. The topological polar surface area (TPSA) is 12.9 Å². The molecule has 0 unspecified atom stereocenters. The van der Waals surface area contributed by atoms with Gasteiger partial charge in [0.15, 0.2) is 0 Å². The van der Waals surface area contributed by atoms with Crippen LogP contribution in [-0.4, -0.2) is 4.98 Å². The van der Waals surface area contributed by atoms with Crippen LogP contribution in [0.5, 0.6) is 0 Å². The summed E-state index contributed by atoms with van der Waals surface area (Å²) in [4.78, 5) is 4.17. The van der Waals surface area contributed by atoms with Crippen LogP contribution in [-0.2, 0) is 6.42 Å². The Kier molecular flexibility index (Phi) is 4.68. The normalized spacial score (nSPS) is 12.0. The van der Waals surface area contributed by atoms with E-state index in [1.807, 2.05) is 18.5 Å². The van der Waals surface area contributed by atoms with E-state index in [9.17, 15) is 0 Å². The quantitative estimate of drug-likeness (QED) is 0.712. The fourth-order valence-electron chi connectivity index (χ4n) is 1.96. The Balaban J connectivity index is 2.17. The van der Waals surface area contributed by atoms with Crippen molar-refractivity contribution in [2.45, 2.75) is 20.3 Å². The van der Waals surface area contributed by atoms with Crippen LogP contribution < -0.4 is 0 Å². The predicted octanol–water partition coefficient (Wildman–Crippen LogP) is 4.76. The molecule has 1 heterocycles. The summed E-state index contributed by atoms with van der Waals surface area (Å²) in [6, 6.07) is 12.4. The van der Waals surface area contributed by atoms with Crippen LogP contribution in [0.3, 0.4) is 0 Å². The van der Waals surface area contributed by atoms with Gasteiger partial charge in [-0.15, -0.1) is 0 Å². The summed E-state index contributed by atoms with van der Waals surface area (Å²) >= 11 is 0. The van der Waals surface area contributed by atoms with Gasteiger partial charge < -0.3 is 0 Å². The van der Waals surface area contributed by atoms with Crippen molar-refractivity contribution < 1.29 is 0 Å². The minimum absolute atomic E-state index is 1.01. The zero-order valence-corrected chi connectivity index (χ0v) is 11.5. The largest absolute Gasteiger partial charge is 0.264 e. The molecule has 0 aliphatic heterocycles. The van der Waals surface area contributed by atoms with Crippen LogP contribution in [0.1, 0.15) is 30.5 Å². The van der Waals surface area contributed by atoms with Crippen molar-refractivity contribution in [2.75, 3.05) is 0 Å². The molecule has 0 bridgehead atoms. The molecular weight excluding hydrogens is 230 g/mol. The molecule has 0 saturated carbocycles. The first-order valence-corrected chi connectivity index (χ1v) is 6.64.